The molecule has 0 unspecified atom stereocenters. The van der Waals surface area contributed by atoms with E-state index in [0.29, 0.717) is 25.9 Å². The molecule has 0 spiro atoms. The first-order chi connectivity index (χ1) is 15.1. The van der Waals surface area contributed by atoms with Crippen LogP contribution in [0.15, 0.2) is 53.1 Å². The van der Waals surface area contributed by atoms with Crippen molar-refractivity contribution in [1.82, 2.24) is 9.80 Å². The highest BCUT2D eigenvalue weighted by molar-refractivity contribution is 5.85. The fraction of sp³-hybridized carbons (Fsp3) is 0.520. The van der Waals surface area contributed by atoms with Gasteiger partial charge in [-0.3, -0.25) is 9.59 Å². The second kappa shape index (κ2) is 11.7. The SMILES string of the molecule is CC[C@@H](C)N(CC(=O)N(Cc1ccco1)C[C@@H]1CCCO1)C(=O)CCc1ccccc1. The first-order valence-electron chi connectivity index (χ1n) is 11.3. The molecule has 0 bridgehead atoms. The Hall–Kier alpha value is -2.60. The Morgan fingerprint density at radius 3 is 2.58 bits per heavy atom. The number of carbonyl (C=O) groups excluding carboxylic acids is 2. The maximum absolute atomic E-state index is 13.3. The fourth-order valence-electron chi connectivity index (χ4n) is 3.87. The molecule has 168 valence electrons. The summed E-state index contributed by atoms with van der Waals surface area (Å²) in [5, 5.41) is 0. The van der Waals surface area contributed by atoms with E-state index in [4.69, 9.17) is 9.15 Å². The summed E-state index contributed by atoms with van der Waals surface area (Å²) < 4.78 is 11.2. The number of ether oxygens (including phenoxy) is 1. The summed E-state index contributed by atoms with van der Waals surface area (Å²) in [5.41, 5.74) is 1.13. The summed E-state index contributed by atoms with van der Waals surface area (Å²) in [6.07, 6.45) is 5.50. The molecule has 2 atom stereocenters. The zero-order chi connectivity index (χ0) is 22.1. The monoisotopic (exact) mass is 426 g/mol. The first-order valence-corrected chi connectivity index (χ1v) is 11.3. The minimum atomic E-state index is -0.0692. The lowest BCUT2D eigenvalue weighted by molar-refractivity contribution is -0.143. The number of nitrogens with zero attached hydrogens (tertiary/aromatic N) is 2. The number of aryl methyl sites for hydroxylation is 1. The summed E-state index contributed by atoms with van der Waals surface area (Å²) in [6.45, 7) is 5.77. The molecular formula is C25H34N2O4. The maximum Gasteiger partial charge on any atom is 0.242 e. The molecule has 1 aromatic heterocycles. The van der Waals surface area contributed by atoms with Crippen molar-refractivity contribution < 1.29 is 18.7 Å². The van der Waals surface area contributed by atoms with Gasteiger partial charge in [-0.05, 0) is 50.3 Å². The zero-order valence-corrected chi connectivity index (χ0v) is 18.7. The van der Waals surface area contributed by atoms with Crippen molar-refractivity contribution in [2.75, 3.05) is 19.7 Å². The third-order valence-electron chi connectivity index (χ3n) is 5.95. The van der Waals surface area contributed by atoms with Crippen molar-refractivity contribution >= 4 is 11.8 Å². The van der Waals surface area contributed by atoms with Crippen molar-refractivity contribution in [3.8, 4) is 0 Å². The topological polar surface area (TPSA) is 63.0 Å². The lowest BCUT2D eigenvalue weighted by Gasteiger charge is -2.32. The number of hydrogen-bond donors (Lipinski definition) is 0. The third kappa shape index (κ3) is 6.96. The van der Waals surface area contributed by atoms with Crippen LogP contribution in [0.5, 0.6) is 0 Å². The molecule has 0 saturated carbocycles. The van der Waals surface area contributed by atoms with E-state index in [1.54, 1.807) is 16.1 Å². The summed E-state index contributed by atoms with van der Waals surface area (Å²) in [7, 11) is 0. The normalized spacial score (nSPS) is 16.8. The highest BCUT2D eigenvalue weighted by atomic mass is 16.5. The van der Waals surface area contributed by atoms with Crippen LogP contribution in [0.1, 0.15) is 50.9 Å². The van der Waals surface area contributed by atoms with Gasteiger partial charge in [0.05, 0.1) is 18.9 Å². The molecule has 3 rings (SSSR count). The molecule has 2 heterocycles. The Labute approximate surface area is 185 Å². The van der Waals surface area contributed by atoms with Gasteiger partial charge in [-0.25, -0.2) is 0 Å². The predicted molar refractivity (Wildman–Crippen MR) is 119 cm³/mol. The summed E-state index contributed by atoms with van der Waals surface area (Å²) >= 11 is 0. The van der Waals surface area contributed by atoms with Crippen LogP contribution in [0.25, 0.3) is 0 Å². The molecule has 6 nitrogen and oxygen atoms in total. The van der Waals surface area contributed by atoms with Gasteiger partial charge in [0.1, 0.15) is 12.3 Å². The highest BCUT2D eigenvalue weighted by Gasteiger charge is 2.27. The molecule has 6 heteroatoms. The summed E-state index contributed by atoms with van der Waals surface area (Å²) in [6, 6.07) is 13.7. The van der Waals surface area contributed by atoms with Gasteiger partial charge < -0.3 is 19.0 Å². The van der Waals surface area contributed by atoms with Crippen LogP contribution in [-0.2, 0) is 27.3 Å². The first kappa shape index (κ1) is 23.1. The highest BCUT2D eigenvalue weighted by Crippen LogP contribution is 2.17. The minimum absolute atomic E-state index is 0.000386. The van der Waals surface area contributed by atoms with E-state index in [-0.39, 0.29) is 30.5 Å². The van der Waals surface area contributed by atoms with Gasteiger partial charge >= 0.3 is 0 Å². The van der Waals surface area contributed by atoms with E-state index in [9.17, 15) is 9.59 Å². The van der Waals surface area contributed by atoms with E-state index in [2.05, 4.69) is 0 Å². The van der Waals surface area contributed by atoms with Gasteiger partial charge in [-0.15, -0.1) is 0 Å². The van der Waals surface area contributed by atoms with E-state index in [1.807, 2.05) is 56.3 Å². The Balaban J connectivity index is 1.65. The molecule has 0 N–H and O–H groups in total. The van der Waals surface area contributed by atoms with Crippen molar-refractivity contribution in [3.63, 3.8) is 0 Å². The zero-order valence-electron chi connectivity index (χ0n) is 18.7. The molecule has 1 saturated heterocycles. The number of hydrogen-bond acceptors (Lipinski definition) is 4. The van der Waals surface area contributed by atoms with E-state index >= 15 is 0 Å². The molecule has 31 heavy (non-hydrogen) atoms. The Bertz CT molecular complexity index is 800. The fourth-order valence-corrected chi connectivity index (χ4v) is 3.87. The maximum atomic E-state index is 13.3. The lowest BCUT2D eigenvalue weighted by atomic mass is 10.1. The number of rotatable bonds is 11. The average Bonchev–Trinajstić information content (AvgIpc) is 3.50. The second-order valence-electron chi connectivity index (χ2n) is 8.25. The van der Waals surface area contributed by atoms with Gasteiger partial charge in [0.2, 0.25) is 11.8 Å². The molecule has 1 aliphatic rings. The van der Waals surface area contributed by atoms with Crippen LogP contribution >= 0.6 is 0 Å². The number of carbonyl (C=O) groups is 2. The van der Waals surface area contributed by atoms with Crippen LogP contribution in [0.2, 0.25) is 0 Å². The summed E-state index contributed by atoms with van der Waals surface area (Å²) in [5.74, 6) is 0.679. The van der Waals surface area contributed by atoms with Crippen LogP contribution in [-0.4, -0.2) is 53.5 Å². The van der Waals surface area contributed by atoms with Crippen molar-refractivity contribution in [2.45, 2.75) is 64.6 Å². The Morgan fingerprint density at radius 1 is 1.13 bits per heavy atom. The Kier molecular flexibility index (Phi) is 8.71. The van der Waals surface area contributed by atoms with Crippen LogP contribution in [0, 0.1) is 0 Å². The number of furan rings is 1. The van der Waals surface area contributed by atoms with E-state index < -0.39 is 0 Å². The van der Waals surface area contributed by atoms with Crippen LogP contribution in [0.3, 0.4) is 0 Å². The molecule has 0 radical (unpaired) electrons. The standard InChI is InChI=1S/C25H34N2O4/c1-3-20(2)27(24(28)14-13-21-9-5-4-6-10-21)19-25(29)26(17-22-11-7-15-30-22)18-23-12-8-16-31-23/h4-7,9-11,15,20,23H,3,8,12-14,16-19H2,1-2H3/t20-,23+/m1/s1. The predicted octanol–water partition coefficient (Wildman–Crippen LogP) is 4.05. The molecule has 0 aliphatic carbocycles. The molecule has 1 aliphatic heterocycles. The molecule has 2 amide bonds. The lowest BCUT2D eigenvalue weighted by Crippen LogP contribution is -2.47. The van der Waals surface area contributed by atoms with Gasteiger partial charge in [0.25, 0.3) is 0 Å². The van der Waals surface area contributed by atoms with Crippen molar-refractivity contribution in [2.24, 2.45) is 0 Å². The second-order valence-corrected chi connectivity index (χ2v) is 8.25. The van der Waals surface area contributed by atoms with Crippen molar-refractivity contribution in [3.05, 3.63) is 60.1 Å². The number of benzene rings is 1. The van der Waals surface area contributed by atoms with Gasteiger partial charge in [-0.1, -0.05) is 37.3 Å². The van der Waals surface area contributed by atoms with E-state index in [1.165, 1.54) is 0 Å². The van der Waals surface area contributed by atoms with Gasteiger partial charge in [0.15, 0.2) is 0 Å². The molecule has 2 aromatic rings. The largest absolute Gasteiger partial charge is 0.467 e. The average molecular weight is 427 g/mol. The third-order valence-corrected chi connectivity index (χ3v) is 5.95. The van der Waals surface area contributed by atoms with Crippen LogP contribution in [0.4, 0.5) is 0 Å². The molecular weight excluding hydrogens is 392 g/mol. The quantitative estimate of drug-likeness (QED) is 0.544. The number of amides is 2. The Morgan fingerprint density at radius 2 is 1.94 bits per heavy atom. The van der Waals surface area contributed by atoms with E-state index in [0.717, 1.165) is 37.2 Å². The van der Waals surface area contributed by atoms with Crippen molar-refractivity contribution in [1.29, 1.82) is 0 Å². The summed E-state index contributed by atoms with van der Waals surface area (Å²) in [4.78, 5) is 29.9. The van der Waals surface area contributed by atoms with Crippen LogP contribution < -0.4 is 0 Å². The molecule has 1 fully saturated rings. The van der Waals surface area contributed by atoms with Gasteiger partial charge in [0, 0.05) is 25.6 Å². The smallest absolute Gasteiger partial charge is 0.242 e. The minimum Gasteiger partial charge on any atom is -0.467 e. The van der Waals surface area contributed by atoms with Gasteiger partial charge in [-0.2, -0.15) is 0 Å². The molecule has 1 aromatic carbocycles.